The Morgan fingerprint density at radius 3 is 2.50 bits per heavy atom. The number of carbonyl (C=O) groups is 2. The van der Waals surface area contributed by atoms with Gasteiger partial charge in [-0.3, -0.25) is 4.79 Å². The van der Waals surface area contributed by atoms with Crippen LogP contribution in [0.5, 0.6) is 5.75 Å². The van der Waals surface area contributed by atoms with Crippen molar-refractivity contribution >= 4 is 23.6 Å². The minimum absolute atomic E-state index is 0.179. The molecule has 148 valence electrons. The number of anilines is 1. The SMILES string of the molecule is COc1ccccc1NC(=O)[C@@H](C)OC(=O)/C=C/c1cccc(C(F)(F)F)c1. The van der Waals surface area contributed by atoms with Gasteiger partial charge in [0.2, 0.25) is 0 Å². The number of benzene rings is 2. The number of esters is 1. The van der Waals surface area contributed by atoms with Gasteiger partial charge >= 0.3 is 12.1 Å². The van der Waals surface area contributed by atoms with E-state index < -0.39 is 29.7 Å². The van der Waals surface area contributed by atoms with E-state index in [1.165, 1.54) is 32.2 Å². The van der Waals surface area contributed by atoms with Crippen LogP contribution in [0.2, 0.25) is 0 Å². The first-order chi connectivity index (χ1) is 13.2. The van der Waals surface area contributed by atoms with Crippen molar-refractivity contribution in [1.82, 2.24) is 0 Å². The molecule has 0 aliphatic heterocycles. The predicted molar refractivity (Wildman–Crippen MR) is 97.7 cm³/mol. The highest BCUT2D eigenvalue weighted by molar-refractivity contribution is 5.97. The Morgan fingerprint density at radius 2 is 1.82 bits per heavy atom. The first-order valence-electron chi connectivity index (χ1n) is 8.20. The fraction of sp³-hybridized carbons (Fsp3) is 0.200. The van der Waals surface area contributed by atoms with Crippen molar-refractivity contribution in [3.8, 4) is 5.75 Å². The van der Waals surface area contributed by atoms with Gasteiger partial charge in [-0.25, -0.2) is 4.79 Å². The molecule has 0 bridgehead atoms. The molecule has 0 saturated carbocycles. The monoisotopic (exact) mass is 393 g/mol. The summed E-state index contributed by atoms with van der Waals surface area (Å²) in [5.74, 6) is -0.996. The highest BCUT2D eigenvalue weighted by atomic mass is 19.4. The molecule has 1 amide bonds. The van der Waals surface area contributed by atoms with Crippen LogP contribution in [0.15, 0.2) is 54.6 Å². The molecule has 2 aromatic carbocycles. The van der Waals surface area contributed by atoms with E-state index >= 15 is 0 Å². The zero-order valence-corrected chi connectivity index (χ0v) is 15.1. The minimum atomic E-state index is -4.48. The third-order valence-electron chi connectivity index (χ3n) is 3.65. The molecule has 0 aliphatic rings. The quantitative estimate of drug-likeness (QED) is 0.587. The highest BCUT2D eigenvalue weighted by Crippen LogP contribution is 2.29. The van der Waals surface area contributed by atoms with Crippen LogP contribution in [-0.2, 0) is 20.5 Å². The molecule has 0 aromatic heterocycles. The van der Waals surface area contributed by atoms with Gasteiger partial charge in [0.05, 0.1) is 18.4 Å². The lowest BCUT2D eigenvalue weighted by atomic mass is 10.1. The van der Waals surface area contributed by atoms with Gasteiger partial charge in [-0.1, -0.05) is 24.3 Å². The normalized spacial score (nSPS) is 12.5. The van der Waals surface area contributed by atoms with Crippen LogP contribution >= 0.6 is 0 Å². The van der Waals surface area contributed by atoms with Gasteiger partial charge in [0.1, 0.15) is 5.75 Å². The molecule has 0 aliphatic carbocycles. The van der Waals surface area contributed by atoms with Gasteiger partial charge in [-0.2, -0.15) is 13.2 Å². The van der Waals surface area contributed by atoms with Gasteiger partial charge < -0.3 is 14.8 Å². The summed E-state index contributed by atoms with van der Waals surface area (Å²) < 4.78 is 48.2. The summed E-state index contributed by atoms with van der Waals surface area (Å²) in [5, 5.41) is 2.57. The number of carbonyl (C=O) groups excluding carboxylic acids is 2. The second-order valence-corrected chi connectivity index (χ2v) is 5.73. The summed E-state index contributed by atoms with van der Waals surface area (Å²) >= 11 is 0. The zero-order chi connectivity index (χ0) is 20.7. The van der Waals surface area contributed by atoms with E-state index in [0.717, 1.165) is 18.2 Å². The fourth-order valence-corrected chi connectivity index (χ4v) is 2.23. The molecule has 0 unspecified atom stereocenters. The number of ether oxygens (including phenoxy) is 2. The summed E-state index contributed by atoms with van der Waals surface area (Å²) in [7, 11) is 1.45. The highest BCUT2D eigenvalue weighted by Gasteiger charge is 2.30. The minimum Gasteiger partial charge on any atom is -0.495 e. The lowest BCUT2D eigenvalue weighted by Gasteiger charge is -2.14. The summed E-state index contributed by atoms with van der Waals surface area (Å²) in [6.45, 7) is 1.38. The lowest BCUT2D eigenvalue weighted by Crippen LogP contribution is -2.29. The van der Waals surface area contributed by atoms with Crippen molar-refractivity contribution < 1.29 is 32.2 Å². The third kappa shape index (κ3) is 5.87. The van der Waals surface area contributed by atoms with Crippen molar-refractivity contribution in [2.75, 3.05) is 12.4 Å². The Morgan fingerprint density at radius 1 is 1.11 bits per heavy atom. The van der Waals surface area contributed by atoms with Crippen LogP contribution in [0.4, 0.5) is 18.9 Å². The number of hydrogen-bond acceptors (Lipinski definition) is 4. The van der Waals surface area contributed by atoms with Crippen molar-refractivity contribution in [3.63, 3.8) is 0 Å². The Balaban J connectivity index is 1.97. The van der Waals surface area contributed by atoms with Crippen molar-refractivity contribution in [2.24, 2.45) is 0 Å². The second kappa shape index (κ2) is 9.07. The van der Waals surface area contributed by atoms with Gasteiger partial charge in [-0.05, 0) is 42.8 Å². The number of hydrogen-bond donors (Lipinski definition) is 1. The second-order valence-electron chi connectivity index (χ2n) is 5.73. The summed E-state index contributed by atoms with van der Waals surface area (Å²) in [6.07, 6.45) is -3.45. The molecule has 0 radical (unpaired) electrons. The molecule has 0 fully saturated rings. The number of alkyl halides is 3. The largest absolute Gasteiger partial charge is 0.495 e. The topological polar surface area (TPSA) is 64.6 Å². The van der Waals surface area contributed by atoms with Gasteiger partial charge in [0.15, 0.2) is 6.10 Å². The van der Waals surface area contributed by atoms with Crippen LogP contribution < -0.4 is 10.1 Å². The van der Waals surface area contributed by atoms with E-state index in [1.54, 1.807) is 24.3 Å². The summed E-state index contributed by atoms with van der Waals surface area (Å²) in [5.41, 5.74) is -0.233. The molecule has 8 heteroatoms. The Bertz CT molecular complexity index is 878. The molecular weight excluding hydrogens is 375 g/mol. The zero-order valence-electron chi connectivity index (χ0n) is 15.1. The average Bonchev–Trinajstić information content (AvgIpc) is 2.66. The Hall–Kier alpha value is -3.29. The van der Waals surface area contributed by atoms with E-state index in [9.17, 15) is 22.8 Å². The molecule has 5 nitrogen and oxygen atoms in total. The first-order valence-corrected chi connectivity index (χ1v) is 8.20. The van der Waals surface area contributed by atoms with E-state index in [2.05, 4.69) is 5.32 Å². The molecule has 1 N–H and O–H groups in total. The van der Waals surface area contributed by atoms with Crippen LogP contribution in [0.25, 0.3) is 6.08 Å². The number of para-hydroxylation sites is 2. The number of methoxy groups -OCH3 is 1. The number of amides is 1. The molecular formula is C20H18F3NO4. The van der Waals surface area contributed by atoms with Crippen molar-refractivity contribution in [1.29, 1.82) is 0 Å². The van der Waals surface area contributed by atoms with Crippen molar-refractivity contribution in [3.05, 3.63) is 65.7 Å². The van der Waals surface area contributed by atoms with E-state index in [0.29, 0.717) is 11.4 Å². The molecule has 0 heterocycles. The third-order valence-corrected chi connectivity index (χ3v) is 3.65. The molecule has 28 heavy (non-hydrogen) atoms. The van der Waals surface area contributed by atoms with Crippen LogP contribution in [0.3, 0.4) is 0 Å². The predicted octanol–water partition coefficient (Wildman–Crippen LogP) is 4.30. The standard InChI is InChI=1S/C20H18F3NO4/c1-13(19(26)24-16-8-3-4-9-17(16)27-2)28-18(25)11-10-14-6-5-7-15(12-14)20(21,22)23/h3-13H,1-2H3,(H,24,26)/b11-10+/t13-/m1/s1. The molecule has 1 atom stereocenters. The molecule has 2 aromatic rings. The van der Waals surface area contributed by atoms with Gasteiger partial charge in [0, 0.05) is 6.08 Å². The van der Waals surface area contributed by atoms with Crippen LogP contribution in [-0.4, -0.2) is 25.1 Å². The first kappa shape index (κ1) is 21.0. The number of halogens is 3. The molecule has 2 rings (SSSR count). The maximum atomic E-state index is 12.7. The number of rotatable bonds is 6. The average molecular weight is 393 g/mol. The maximum Gasteiger partial charge on any atom is 0.416 e. The van der Waals surface area contributed by atoms with E-state index in [1.807, 2.05) is 0 Å². The Kier molecular flexibility index (Phi) is 6.81. The van der Waals surface area contributed by atoms with E-state index in [4.69, 9.17) is 9.47 Å². The van der Waals surface area contributed by atoms with Crippen LogP contribution in [0.1, 0.15) is 18.1 Å². The Labute approximate surface area is 159 Å². The fourth-order valence-electron chi connectivity index (χ4n) is 2.23. The van der Waals surface area contributed by atoms with Crippen molar-refractivity contribution in [2.45, 2.75) is 19.2 Å². The van der Waals surface area contributed by atoms with Gasteiger partial charge in [0.25, 0.3) is 5.91 Å². The number of nitrogens with one attached hydrogen (secondary N) is 1. The van der Waals surface area contributed by atoms with E-state index in [-0.39, 0.29) is 5.56 Å². The maximum absolute atomic E-state index is 12.7. The summed E-state index contributed by atoms with van der Waals surface area (Å²) in [4.78, 5) is 24.0. The molecule has 0 spiro atoms. The lowest BCUT2D eigenvalue weighted by molar-refractivity contribution is -0.148. The summed E-state index contributed by atoms with van der Waals surface area (Å²) in [6, 6.07) is 11.2. The van der Waals surface area contributed by atoms with Gasteiger partial charge in [-0.15, -0.1) is 0 Å². The molecule has 0 saturated heterocycles. The van der Waals surface area contributed by atoms with Crippen LogP contribution in [0, 0.1) is 0 Å². The smallest absolute Gasteiger partial charge is 0.416 e.